The molecule has 1 aliphatic carbocycles. The van der Waals surface area contributed by atoms with Crippen LogP contribution in [-0.2, 0) is 10.0 Å². The van der Waals surface area contributed by atoms with E-state index in [9.17, 15) is 22.9 Å². The predicted molar refractivity (Wildman–Crippen MR) is 70.6 cm³/mol. The topological polar surface area (TPSA) is 92.5 Å². The summed E-state index contributed by atoms with van der Waals surface area (Å²) in [4.78, 5) is 9.36. The molecule has 0 aromatic heterocycles. The molecule has 20 heavy (non-hydrogen) atoms. The van der Waals surface area contributed by atoms with Crippen LogP contribution in [0.1, 0.15) is 12.8 Å². The number of halogens is 1. The first-order valence-electron chi connectivity index (χ1n) is 5.92. The van der Waals surface area contributed by atoms with E-state index in [1.54, 1.807) is 0 Å². The van der Waals surface area contributed by atoms with Crippen molar-refractivity contribution in [3.8, 4) is 0 Å². The molecule has 1 aromatic carbocycles. The average Bonchev–Trinajstić information content (AvgIpc) is 3.20. The van der Waals surface area contributed by atoms with Crippen molar-refractivity contribution >= 4 is 21.4 Å². The molecule has 0 atom stereocenters. The van der Waals surface area contributed by atoms with Gasteiger partial charge in [-0.1, -0.05) is 0 Å². The van der Waals surface area contributed by atoms with E-state index >= 15 is 0 Å². The number of rotatable bonds is 5. The highest BCUT2D eigenvalue weighted by atomic mass is 32.2. The quantitative estimate of drug-likeness (QED) is 0.658. The smallest absolute Gasteiger partial charge is 0.274 e. The molecule has 1 N–H and O–H groups in total. The second kappa shape index (κ2) is 4.98. The summed E-state index contributed by atoms with van der Waals surface area (Å²) >= 11 is 0. The van der Waals surface area contributed by atoms with Gasteiger partial charge in [0.1, 0.15) is 4.90 Å². The highest BCUT2D eigenvalue weighted by Gasteiger charge is 2.38. The van der Waals surface area contributed by atoms with E-state index in [4.69, 9.17) is 0 Å². The minimum atomic E-state index is -4.02. The van der Waals surface area contributed by atoms with Crippen LogP contribution in [-0.4, -0.2) is 37.8 Å². The van der Waals surface area contributed by atoms with Crippen molar-refractivity contribution in [2.75, 3.05) is 19.4 Å². The van der Waals surface area contributed by atoms with E-state index in [2.05, 4.69) is 5.32 Å². The molecule has 0 spiro atoms. The molecular weight excluding hydrogens is 289 g/mol. The Morgan fingerprint density at radius 1 is 1.45 bits per heavy atom. The molecule has 0 saturated heterocycles. The van der Waals surface area contributed by atoms with Crippen LogP contribution >= 0.6 is 0 Å². The van der Waals surface area contributed by atoms with Gasteiger partial charge in [0.05, 0.1) is 16.7 Å². The largest absolute Gasteiger partial charge is 0.387 e. The van der Waals surface area contributed by atoms with Crippen LogP contribution in [0.15, 0.2) is 17.0 Å². The molecule has 0 amide bonds. The summed E-state index contributed by atoms with van der Waals surface area (Å²) in [6, 6.07) is 1.50. The van der Waals surface area contributed by atoms with Crippen LogP contribution < -0.4 is 5.32 Å². The second-order valence-corrected chi connectivity index (χ2v) is 6.50. The number of non-ortho nitro benzene ring substituents is 1. The number of nitrogens with zero attached hydrogens (tertiary/aromatic N) is 2. The summed E-state index contributed by atoms with van der Waals surface area (Å²) in [5.74, 6) is -1.13. The van der Waals surface area contributed by atoms with E-state index in [1.165, 1.54) is 14.1 Å². The van der Waals surface area contributed by atoms with E-state index in [0.29, 0.717) is 6.07 Å². The highest BCUT2D eigenvalue weighted by molar-refractivity contribution is 7.89. The SMILES string of the molecule is CNc1cc([N+](=O)[O-])cc(F)c1S(=O)(=O)N(C)C1CC1. The summed E-state index contributed by atoms with van der Waals surface area (Å²) in [5.41, 5.74) is -0.621. The first-order chi connectivity index (χ1) is 9.28. The van der Waals surface area contributed by atoms with Gasteiger partial charge < -0.3 is 5.32 Å². The number of nitrogens with one attached hydrogen (secondary N) is 1. The van der Waals surface area contributed by atoms with Gasteiger partial charge in [0.15, 0.2) is 5.82 Å². The van der Waals surface area contributed by atoms with Gasteiger partial charge in [-0.2, -0.15) is 4.31 Å². The number of nitro groups is 1. The molecule has 1 aromatic rings. The van der Waals surface area contributed by atoms with Crippen molar-refractivity contribution in [2.45, 2.75) is 23.8 Å². The number of anilines is 1. The lowest BCUT2D eigenvalue weighted by atomic mass is 10.2. The molecule has 7 nitrogen and oxygen atoms in total. The average molecular weight is 303 g/mol. The van der Waals surface area contributed by atoms with E-state index in [0.717, 1.165) is 23.2 Å². The fourth-order valence-electron chi connectivity index (χ4n) is 1.91. The molecule has 0 heterocycles. The van der Waals surface area contributed by atoms with Gasteiger partial charge >= 0.3 is 0 Å². The van der Waals surface area contributed by atoms with Crippen LogP contribution in [0.4, 0.5) is 15.8 Å². The van der Waals surface area contributed by atoms with Crippen LogP contribution in [0.3, 0.4) is 0 Å². The molecule has 110 valence electrons. The Morgan fingerprint density at radius 2 is 2.05 bits per heavy atom. The van der Waals surface area contributed by atoms with Crippen molar-refractivity contribution < 1.29 is 17.7 Å². The number of sulfonamides is 1. The third-order valence-electron chi connectivity index (χ3n) is 3.21. The predicted octanol–water partition coefficient (Wildman–Crippen LogP) is 1.56. The third-order valence-corrected chi connectivity index (χ3v) is 5.19. The molecular formula is C11H14FN3O4S. The second-order valence-electron chi connectivity index (χ2n) is 4.56. The fourth-order valence-corrected chi connectivity index (χ4v) is 3.55. The van der Waals surface area contributed by atoms with Gasteiger partial charge in [-0.05, 0) is 12.8 Å². The summed E-state index contributed by atoms with van der Waals surface area (Å²) < 4.78 is 39.9. The molecule has 1 saturated carbocycles. The maximum atomic E-state index is 14.0. The lowest BCUT2D eigenvalue weighted by molar-refractivity contribution is -0.385. The monoisotopic (exact) mass is 303 g/mol. The Morgan fingerprint density at radius 3 is 2.50 bits per heavy atom. The lowest BCUT2D eigenvalue weighted by Gasteiger charge is -2.19. The molecule has 2 rings (SSSR count). The summed E-state index contributed by atoms with van der Waals surface area (Å²) in [6.45, 7) is 0. The normalized spacial score (nSPS) is 15.4. The van der Waals surface area contributed by atoms with Crippen LogP contribution in [0.2, 0.25) is 0 Å². The fraction of sp³-hybridized carbons (Fsp3) is 0.455. The zero-order valence-corrected chi connectivity index (χ0v) is 11.8. The van der Waals surface area contributed by atoms with Crippen LogP contribution in [0, 0.1) is 15.9 Å². The number of hydrogen-bond donors (Lipinski definition) is 1. The molecule has 1 fully saturated rings. The van der Waals surface area contributed by atoms with Crippen LogP contribution in [0.5, 0.6) is 0 Å². The van der Waals surface area contributed by atoms with Gasteiger partial charge in [0.25, 0.3) is 5.69 Å². The Hall–Kier alpha value is -1.74. The Balaban J connectivity index is 2.58. The number of benzene rings is 1. The zero-order chi connectivity index (χ0) is 15.1. The molecule has 1 aliphatic rings. The molecule has 9 heteroatoms. The maximum Gasteiger partial charge on any atom is 0.274 e. The number of nitro benzene ring substituents is 1. The highest BCUT2D eigenvalue weighted by Crippen LogP contribution is 2.35. The molecule has 0 unspecified atom stereocenters. The van der Waals surface area contributed by atoms with E-state index in [1.807, 2.05) is 0 Å². The zero-order valence-electron chi connectivity index (χ0n) is 11.0. The summed E-state index contributed by atoms with van der Waals surface area (Å²) in [7, 11) is -1.25. The van der Waals surface area contributed by atoms with E-state index in [-0.39, 0.29) is 11.7 Å². The molecule has 0 bridgehead atoms. The minimum Gasteiger partial charge on any atom is -0.387 e. The van der Waals surface area contributed by atoms with Gasteiger partial charge in [-0.3, -0.25) is 10.1 Å². The van der Waals surface area contributed by atoms with Crippen molar-refractivity contribution in [1.82, 2.24) is 4.31 Å². The van der Waals surface area contributed by atoms with Crippen molar-refractivity contribution in [3.63, 3.8) is 0 Å². The maximum absolute atomic E-state index is 14.0. The molecule has 0 radical (unpaired) electrons. The number of hydrogen-bond acceptors (Lipinski definition) is 5. The van der Waals surface area contributed by atoms with Crippen LogP contribution in [0.25, 0.3) is 0 Å². The summed E-state index contributed by atoms with van der Waals surface area (Å²) in [6.07, 6.45) is 1.47. The molecule has 0 aliphatic heterocycles. The Kier molecular flexibility index (Phi) is 3.65. The van der Waals surface area contributed by atoms with Crippen molar-refractivity contribution in [3.05, 3.63) is 28.1 Å². The summed E-state index contributed by atoms with van der Waals surface area (Å²) in [5, 5.41) is 13.2. The van der Waals surface area contributed by atoms with Gasteiger partial charge in [-0.25, -0.2) is 12.8 Å². The van der Waals surface area contributed by atoms with Gasteiger partial charge in [0, 0.05) is 26.2 Å². The third kappa shape index (κ3) is 2.46. The van der Waals surface area contributed by atoms with Crippen molar-refractivity contribution in [2.24, 2.45) is 0 Å². The van der Waals surface area contributed by atoms with Gasteiger partial charge in [-0.15, -0.1) is 0 Å². The van der Waals surface area contributed by atoms with E-state index < -0.39 is 31.3 Å². The Labute approximate surface area is 115 Å². The first-order valence-corrected chi connectivity index (χ1v) is 7.36. The first kappa shape index (κ1) is 14.7. The standard InChI is InChI=1S/C11H14FN3O4S/c1-13-10-6-8(15(16)17)5-9(12)11(10)20(18,19)14(2)7-3-4-7/h5-7,13H,3-4H2,1-2H3. The lowest BCUT2D eigenvalue weighted by Crippen LogP contribution is -2.30. The minimum absolute atomic E-state index is 0.121. The Bertz CT molecular complexity index is 658. The van der Waals surface area contributed by atoms with Crippen molar-refractivity contribution in [1.29, 1.82) is 0 Å². The van der Waals surface area contributed by atoms with Gasteiger partial charge in [0.2, 0.25) is 10.0 Å².